The van der Waals surface area contributed by atoms with E-state index in [1.165, 1.54) is 6.07 Å². The molecule has 0 unspecified atom stereocenters. The molecule has 0 aliphatic carbocycles. The maximum atomic E-state index is 12.7. The SMILES string of the molecule is Cc1ccc(C(=O)N2C[C@@H]3CCN(C)C[C@]3(C(=O)O)C2)cc1O. The van der Waals surface area contributed by atoms with E-state index in [1.54, 1.807) is 24.0 Å². The summed E-state index contributed by atoms with van der Waals surface area (Å²) in [4.78, 5) is 28.3. The molecule has 2 atom stereocenters. The second-order valence-corrected chi connectivity index (χ2v) is 6.87. The highest BCUT2D eigenvalue weighted by Gasteiger charge is 2.55. The van der Waals surface area contributed by atoms with Gasteiger partial charge in [0, 0.05) is 25.2 Å². The molecule has 1 amide bonds. The maximum absolute atomic E-state index is 12.7. The van der Waals surface area contributed by atoms with E-state index in [9.17, 15) is 19.8 Å². The topological polar surface area (TPSA) is 81.1 Å². The van der Waals surface area contributed by atoms with Gasteiger partial charge in [0.05, 0.1) is 0 Å². The van der Waals surface area contributed by atoms with Gasteiger partial charge in [-0.15, -0.1) is 0 Å². The van der Waals surface area contributed by atoms with Crippen LogP contribution in [0, 0.1) is 18.3 Å². The zero-order valence-electron chi connectivity index (χ0n) is 13.5. The quantitative estimate of drug-likeness (QED) is 0.856. The van der Waals surface area contributed by atoms with Crippen molar-refractivity contribution in [3.63, 3.8) is 0 Å². The van der Waals surface area contributed by atoms with Crippen LogP contribution in [0.1, 0.15) is 22.3 Å². The van der Waals surface area contributed by atoms with Gasteiger partial charge in [-0.05, 0) is 50.6 Å². The van der Waals surface area contributed by atoms with E-state index in [0.29, 0.717) is 24.2 Å². The van der Waals surface area contributed by atoms with Gasteiger partial charge in [-0.3, -0.25) is 9.59 Å². The molecular weight excluding hydrogens is 296 g/mol. The molecule has 6 nitrogen and oxygen atoms in total. The molecule has 2 aliphatic heterocycles. The van der Waals surface area contributed by atoms with Crippen molar-refractivity contribution in [2.75, 3.05) is 33.2 Å². The number of likely N-dealkylation sites (tertiary alicyclic amines) is 2. The summed E-state index contributed by atoms with van der Waals surface area (Å²) >= 11 is 0. The van der Waals surface area contributed by atoms with Gasteiger partial charge >= 0.3 is 5.97 Å². The number of carboxylic acid groups (broad SMARTS) is 1. The number of carboxylic acids is 1. The Kier molecular flexibility index (Phi) is 3.80. The van der Waals surface area contributed by atoms with Crippen LogP contribution in [0.4, 0.5) is 0 Å². The number of phenolic OH excluding ortho intramolecular Hbond substituents is 1. The van der Waals surface area contributed by atoms with Crippen LogP contribution < -0.4 is 0 Å². The van der Waals surface area contributed by atoms with Crippen LogP contribution in [0.25, 0.3) is 0 Å². The summed E-state index contributed by atoms with van der Waals surface area (Å²) in [6.45, 7) is 3.78. The molecule has 2 aliphatic rings. The smallest absolute Gasteiger partial charge is 0.313 e. The van der Waals surface area contributed by atoms with Crippen LogP contribution in [-0.2, 0) is 4.79 Å². The predicted molar refractivity (Wildman–Crippen MR) is 84.4 cm³/mol. The lowest BCUT2D eigenvalue weighted by atomic mass is 9.73. The average molecular weight is 318 g/mol. The van der Waals surface area contributed by atoms with Gasteiger partial charge < -0.3 is 20.0 Å². The maximum Gasteiger partial charge on any atom is 0.313 e. The number of carbonyl (C=O) groups excluding carboxylic acids is 1. The Morgan fingerprint density at radius 3 is 2.70 bits per heavy atom. The first-order chi connectivity index (χ1) is 10.8. The molecule has 3 rings (SSSR count). The summed E-state index contributed by atoms with van der Waals surface area (Å²) in [5, 5.41) is 19.6. The van der Waals surface area contributed by atoms with E-state index in [1.807, 2.05) is 11.9 Å². The second kappa shape index (κ2) is 5.53. The van der Waals surface area contributed by atoms with Crippen molar-refractivity contribution in [1.82, 2.24) is 9.80 Å². The molecule has 2 heterocycles. The van der Waals surface area contributed by atoms with Crippen LogP contribution >= 0.6 is 0 Å². The van der Waals surface area contributed by atoms with Crippen molar-refractivity contribution >= 4 is 11.9 Å². The number of aryl methyl sites for hydroxylation is 1. The minimum atomic E-state index is -0.880. The number of hydrogen-bond donors (Lipinski definition) is 2. The number of aliphatic carboxylic acids is 1. The molecule has 6 heteroatoms. The van der Waals surface area contributed by atoms with E-state index in [2.05, 4.69) is 0 Å². The number of rotatable bonds is 2. The summed E-state index contributed by atoms with van der Waals surface area (Å²) in [7, 11) is 1.92. The number of piperidine rings is 1. The lowest BCUT2D eigenvalue weighted by molar-refractivity contribution is -0.153. The van der Waals surface area contributed by atoms with Crippen LogP contribution in [0.5, 0.6) is 5.75 Å². The number of carbonyl (C=O) groups is 2. The Labute approximate surface area is 135 Å². The Morgan fingerprint density at radius 2 is 2.04 bits per heavy atom. The van der Waals surface area contributed by atoms with Crippen LogP contribution in [0.15, 0.2) is 18.2 Å². The van der Waals surface area contributed by atoms with E-state index < -0.39 is 11.4 Å². The summed E-state index contributed by atoms with van der Waals surface area (Å²) < 4.78 is 0. The number of nitrogens with zero attached hydrogens (tertiary/aromatic N) is 2. The molecule has 2 saturated heterocycles. The van der Waals surface area contributed by atoms with E-state index in [0.717, 1.165) is 13.0 Å². The molecule has 0 radical (unpaired) electrons. The third kappa shape index (κ3) is 2.57. The lowest BCUT2D eigenvalue weighted by Gasteiger charge is -2.39. The molecule has 23 heavy (non-hydrogen) atoms. The normalized spacial score (nSPS) is 27.7. The van der Waals surface area contributed by atoms with Crippen LogP contribution in [0.3, 0.4) is 0 Å². The Bertz CT molecular complexity index is 660. The minimum absolute atomic E-state index is 0.0146. The fourth-order valence-electron chi connectivity index (χ4n) is 3.85. The Hall–Kier alpha value is -2.08. The third-order valence-corrected chi connectivity index (χ3v) is 5.28. The molecule has 2 fully saturated rings. The van der Waals surface area contributed by atoms with Crippen molar-refractivity contribution in [3.05, 3.63) is 29.3 Å². The van der Waals surface area contributed by atoms with E-state index in [4.69, 9.17) is 0 Å². The van der Waals surface area contributed by atoms with Gasteiger partial charge in [-0.2, -0.15) is 0 Å². The Morgan fingerprint density at radius 1 is 1.30 bits per heavy atom. The second-order valence-electron chi connectivity index (χ2n) is 6.87. The van der Waals surface area contributed by atoms with Crippen molar-refractivity contribution in [2.24, 2.45) is 11.3 Å². The van der Waals surface area contributed by atoms with Crippen molar-refractivity contribution in [3.8, 4) is 5.75 Å². The molecule has 1 aromatic carbocycles. The van der Waals surface area contributed by atoms with Gasteiger partial charge in [0.15, 0.2) is 0 Å². The third-order valence-electron chi connectivity index (χ3n) is 5.28. The average Bonchev–Trinajstić information content (AvgIpc) is 2.89. The monoisotopic (exact) mass is 318 g/mol. The molecule has 2 N–H and O–H groups in total. The summed E-state index contributed by atoms with van der Waals surface area (Å²) in [5.41, 5.74) is 0.232. The van der Waals surface area contributed by atoms with Gasteiger partial charge in [0.25, 0.3) is 5.91 Å². The molecule has 124 valence electrons. The first kappa shape index (κ1) is 15.8. The van der Waals surface area contributed by atoms with E-state index in [-0.39, 0.29) is 24.1 Å². The zero-order chi connectivity index (χ0) is 16.8. The highest BCUT2D eigenvalue weighted by Crippen LogP contribution is 2.42. The molecule has 0 bridgehead atoms. The summed E-state index contributed by atoms with van der Waals surface area (Å²) in [6, 6.07) is 4.84. The van der Waals surface area contributed by atoms with Gasteiger partial charge in [-0.1, -0.05) is 6.07 Å². The highest BCUT2D eigenvalue weighted by molar-refractivity contribution is 5.95. The first-order valence-electron chi connectivity index (χ1n) is 7.84. The standard InChI is InChI=1S/C17H22N2O4/c1-11-3-4-12(7-14(11)20)15(21)19-8-13-5-6-18(2)9-17(13,10-19)16(22)23/h3-4,7,13,20H,5-6,8-10H2,1-2H3,(H,22,23)/t13-,17-/m0/s1. The van der Waals surface area contributed by atoms with Crippen molar-refractivity contribution in [1.29, 1.82) is 0 Å². The number of hydrogen-bond acceptors (Lipinski definition) is 4. The fraction of sp³-hybridized carbons (Fsp3) is 0.529. The molecule has 0 saturated carbocycles. The van der Waals surface area contributed by atoms with E-state index >= 15 is 0 Å². The van der Waals surface area contributed by atoms with Crippen molar-refractivity contribution < 1.29 is 19.8 Å². The zero-order valence-corrected chi connectivity index (χ0v) is 13.5. The Balaban J connectivity index is 1.86. The first-order valence-corrected chi connectivity index (χ1v) is 7.84. The lowest BCUT2D eigenvalue weighted by Crippen LogP contribution is -2.52. The number of fused-ring (bicyclic) bond motifs is 1. The van der Waals surface area contributed by atoms with Crippen LogP contribution in [0.2, 0.25) is 0 Å². The van der Waals surface area contributed by atoms with Crippen molar-refractivity contribution in [2.45, 2.75) is 13.3 Å². The highest BCUT2D eigenvalue weighted by atomic mass is 16.4. The van der Waals surface area contributed by atoms with Gasteiger partial charge in [0.1, 0.15) is 11.2 Å². The molecular formula is C17H22N2O4. The number of aromatic hydroxyl groups is 1. The number of amides is 1. The number of phenols is 1. The summed E-state index contributed by atoms with van der Waals surface area (Å²) in [5.74, 6) is -0.964. The van der Waals surface area contributed by atoms with Gasteiger partial charge in [0.2, 0.25) is 0 Å². The van der Waals surface area contributed by atoms with Gasteiger partial charge in [-0.25, -0.2) is 0 Å². The molecule has 0 spiro atoms. The minimum Gasteiger partial charge on any atom is -0.508 e. The molecule has 1 aromatic rings. The molecule has 0 aromatic heterocycles. The largest absolute Gasteiger partial charge is 0.508 e. The summed E-state index contributed by atoms with van der Waals surface area (Å²) in [6.07, 6.45) is 0.783. The number of benzene rings is 1. The van der Waals surface area contributed by atoms with Crippen LogP contribution in [-0.4, -0.2) is 65.1 Å². The fourth-order valence-corrected chi connectivity index (χ4v) is 3.85. The predicted octanol–water partition coefficient (Wildman–Crippen LogP) is 1.18.